The lowest BCUT2D eigenvalue weighted by Gasteiger charge is -2.01. The summed E-state index contributed by atoms with van der Waals surface area (Å²) in [6, 6.07) is 9.95. The summed E-state index contributed by atoms with van der Waals surface area (Å²) < 4.78 is 5.57. The maximum Gasteiger partial charge on any atom is 0.247 e. The highest BCUT2D eigenvalue weighted by Crippen LogP contribution is 2.19. The number of nitrogens with zero attached hydrogens (tertiary/aromatic N) is 2. The molecule has 1 atom stereocenters. The molecule has 0 bridgehead atoms. The Morgan fingerprint density at radius 2 is 2.06 bits per heavy atom. The van der Waals surface area contributed by atoms with Crippen LogP contribution in [0.5, 0.6) is 0 Å². The number of thioether (sulfide) groups is 1. The first-order valence-electron chi connectivity index (χ1n) is 5.47. The molecule has 17 heavy (non-hydrogen) atoms. The Balaban J connectivity index is 1.97. The molecule has 1 unspecified atom stereocenters. The van der Waals surface area contributed by atoms with Crippen LogP contribution in [0.4, 0.5) is 0 Å². The van der Waals surface area contributed by atoms with Crippen LogP contribution in [0.3, 0.4) is 0 Å². The largest absolute Gasteiger partial charge is 0.420 e. The molecule has 0 saturated carbocycles. The highest BCUT2D eigenvalue weighted by atomic mass is 32.2. The molecule has 2 rings (SSSR count). The minimum absolute atomic E-state index is 0.191. The fourth-order valence-corrected chi connectivity index (χ4v) is 2.12. The van der Waals surface area contributed by atoms with Gasteiger partial charge in [0.2, 0.25) is 11.8 Å². The van der Waals surface area contributed by atoms with Crippen molar-refractivity contribution in [3.63, 3.8) is 0 Å². The molecule has 0 aliphatic rings. The third kappa shape index (κ3) is 3.57. The Kier molecular flexibility index (Phi) is 4.17. The number of benzene rings is 1. The van der Waals surface area contributed by atoms with Crippen molar-refractivity contribution in [2.45, 2.75) is 18.7 Å². The van der Waals surface area contributed by atoms with Crippen molar-refractivity contribution in [3.8, 4) is 11.5 Å². The number of nitrogens with two attached hydrogens (primary N) is 1. The van der Waals surface area contributed by atoms with Gasteiger partial charge in [-0.15, -0.1) is 10.2 Å². The summed E-state index contributed by atoms with van der Waals surface area (Å²) in [7, 11) is 0. The third-order valence-corrected chi connectivity index (χ3v) is 3.31. The second-order valence-electron chi connectivity index (χ2n) is 3.86. The molecule has 2 N–H and O–H groups in total. The maximum atomic E-state index is 5.67. The second kappa shape index (κ2) is 5.84. The Labute approximate surface area is 105 Å². The van der Waals surface area contributed by atoms with E-state index in [4.69, 9.17) is 10.2 Å². The van der Waals surface area contributed by atoms with Crippen LogP contribution in [0.1, 0.15) is 12.8 Å². The molecule has 0 aliphatic carbocycles. The molecule has 0 radical (unpaired) electrons. The van der Waals surface area contributed by atoms with Crippen molar-refractivity contribution in [2.24, 2.45) is 5.73 Å². The molecule has 1 heterocycles. The maximum absolute atomic E-state index is 5.67. The standard InChI is InChI=1S/C12H15N3OS/c1-9(13)7-17-8-11-14-15-12(16-11)10-5-3-2-4-6-10/h2-6,9H,7-8,13H2,1H3. The molecule has 5 heteroatoms. The van der Waals surface area contributed by atoms with E-state index in [0.717, 1.165) is 11.3 Å². The number of hydrogen-bond donors (Lipinski definition) is 1. The molecule has 1 aromatic carbocycles. The van der Waals surface area contributed by atoms with Crippen molar-refractivity contribution in [3.05, 3.63) is 36.2 Å². The van der Waals surface area contributed by atoms with Crippen LogP contribution in [0, 0.1) is 0 Å². The minimum Gasteiger partial charge on any atom is -0.420 e. The predicted octanol–water partition coefficient (Wildman–Crippen LogP) is 2.32. The normalized spacial score (nSPS) is 12.6. The SMILES string of the molecule is CC(N)CSCc1nnc(-c2ccccc2)o1. The van der Waals surface area contributed by atoms with Crippen LogP contribution >= 0.6 is 11.8 Å². The van der Waals surface area contributed by atoms with Gasteiger partial charge in [-0.05, 0) is 19.1 Å². The smallest absolute Gasteiger partial charge is 0.247 e. The van der Waals surface area contributed by atoms with Gasteiger partial charge in [-0.1, -0.05) is 18.2 Å². The molecule has 0 amide bonds. The van der Waals surface area contributed by atoms with Crippen LogP contribution in [0.15, 0.2) is 34.7 Å². The zero-order valence-corrected chi connectivity index (χ0v) is 10.5. The minimum atomic E-state index is 0.191. The summed E-state index contributed by atoms with van der Waals surface area (Å²) in [5.41, 5.74) is 6.61. The van der Waals surface area contributed by atoms with Crippen LogP contribution in [-0.2, 0) is 5.75 Å². The van der Waals surface area contributed by atoms with E-state index in [2.05, 4.69) is 10.2 Å². The van der Waals surface area contributed by atoms with Gasteiger partial charge in [0.15, 0.2) is 0 Å². The lowest BCUT2D eigenvalue weighted by atomic mass is 10.2. The quantitative estimate of drug-likeness (QED) is 0.881. The second-order valence-corrected chi connectivity index (χ2v) is 4.89. The van der Waals surface area contributed by atoms with Gasteiger partial charge in [-0.2, -0.15) is 11.8 Å². The molecule has 1 aromatic heterocycles. The van der Waals surface area contributed by atoms with Gasteiger partial charge in [0.25, 0.3) is 0 Å². The highest BCUT2D eigenvalue weighted by Gasteiger charge is 2.08. The van der Waals surface area contributed by atoms with E-state index in [0.29, 0.717) is 17.5 Å². The number of rotatable bonds is 5. The van der Waals surface area contributed by atoms with E-state index < -0.39 is 0 Å². The molecular formula is C12H15N3OS. The fraction of sp³-hybridized carbons (Fsp3) is 0.333. The Bertz CT molecular complexity index is 456. The van der Waals surface area contributed by atoms with Gasteiger partial charge in [-0.25, -0.2) is 0 Å². The molecule has 0 fully saturated rings. The predicted molar refractivity (Wildman–Crippen MR) is 69.5 cm³/mol. The summed E-state index contributed by atoms with van der Waals surface area (Å²) in [6.45, 7) is 1.98. The Morgan fingerprint density at radius 3 is 2.76 bits per heavy atom. The molecule has 0 spiro atoms. The first-order valence-corrected chi connectivity index (χ1v) is 6.62. The van der Waals surface area contributed by atoms with E-state index in [-0.39, 0.29) is 6.04 Å². The molecule has 90 valence electrons. The molecule has 4 nitrogen and oxygen atoms in total. The summed E-state index contributed by atoms with van der Waals surface area (Å²) in [5.74, 6) is 2.82. The molecule has 0 saturated heterocycles. The zero-order valence-electron chi connectivity index (χ0n) is 9.67. The molecule has 2 aromatic rings. The van der Waals surface area contributed by atoms with Crippen LogP contribution in [0.2, 0.25) is 0 Å². The van der Waals surface area contributed by atoms with Crippen LogP contribution in [0.25, 0.3) is 11.5 Å². The van der Waals surface area contributed by atoms with Crippen molar-refractivity contribution in [2.75, 3.05) is 5.75 Å². The van der Waals surface area contributed by atoms with Gasteiger partial charge in [-0.3, -0.25) is 0 Å². The van der Waals surface area contributed by atoms with Crippen LogP contribution in [-0.4, -0.2) is 22.0 Å². The average molecular weight is 249 g/mol. The monoisotopic (exact) mass is 249 g/mol. The third-order valence-electron chi connectivity index (χ3n) is 2.09. The summed E-state index contributed by atoms with van der Waals surface area (Å²) >= 11 is 1.70. The van der Waals surface area contributed by atoms with Crippen molar-refractivity contribution in [1.82, 2.24) is 10.2 Å². The van der Waals surface area contributed by atoms with Gasteiger partial charge < -0.3 is 10.2 Å². The highest BCUT2D eigenvalue weighted by molar-refractivity contribution is 7.98. The topological polar surface area (TPSA) is 64.9 Å². The average Bonchev–Trinajstić information content (AvgIpc) is 2.78. The van der Waals surface area contributed by atoms with E-state index >= 15 is 0 Å². The van der Waals surface area contributed by atoms with E-state index in [1.54, 1.807) is 11.8 Å². The molecule has 0 aliphatic heterocycles. The number of aromatic nitrogens is 2. The lowest BCUT2D eigenvalue weighted by Crippen LogP contribution is -2.17. The first-order chi connectivity index (χ1) is 8.25. The summed E-state index contributed by atoms with van der Waals surface area (Å²) in [6.07, 6.45) is 0. The van der Waals surface area contributed by atoms with E-state index in [1.165, 1.54) is 0 Å². The van der Waals surface area contributed by atoms with Gasteiger partial charge >= 0.3 is 0 Å². The zero-order chi connectivity index (χ0) is 12.1. The van der Waals surface area contributed by atoms with Crippen molar-refractivity contribution in [1.29, 1.82) is 0 Å². The summed E-state index contributed by atoms with van der Waals surface area (Å²) in [5, 5.41) is 8.03. The first kappa shape index (κ1) is 12.1. The van der Waals surface area contributed by atoms with Crippen LogP contribution < -0.4 is 5.73 Å². The fourth-order valence-electron chi connectivity index (χ4n) is 1.34. The van der Waals surface area contributed by atoms with E-state index in [1.807, 2.05) is 37.3 Å². The van der Waals surface area contributed by atoms with Gasteiger partial charge in [0.1, 0.15) is 0 Å². The molecular weight excluding hydrogens is 234 g/mol. The Hall–Kier alpha value is -1.33. The van der Waals surface area contributed by atoms with Gasteiger partial charge in [0.05, 0.1) is 5.75 Å². The lowest BCUT2D eigenvalue weighted by molar-refractivity contribution is 0.528. The van der Waals surface area contributed by atoms with Crippen molar-refractivity contribution < 1.29 is 4.42 Å². The number of hydrogen-bond acceptors (Lipinski definition) is 5. The Morgan fingerprint density at radius 1 is 1.29 bits per heavy atom. The summed E-state index contributed by atoms with van der Waals surface area (Å²) in [4.78, 5) is 0. The van der Waals surface area contributed by atoms with E-state index in [9.17, 15) is 0 Å². The van der Waals surface area contributed by atoms with Crippen molar-refractivity contribution >= 4 is 11.8 Å². The van der Waals surface area contributed by atoms with Gasteiger partial charge in [0, 0.05) is 17.4 Å².